The predicted molar refractivity (Wildman–Crippen MR) is 107 cm³/mol. The number of carbonyl (C=O) groups excluding carboxylic acids is 1. The van der Waals surface area contributed by atoms with Crippen molar-refractivity contribution < 1.29 is 9.53 Å². The number of amides is 2. The van der Waals surface area contributed by atoms with Gasteiger partial charge in [-0.3, -0.25) is 5.32 Å². The first-order valence-corrected chi connectivity index (χ1v) is 9.44. The van der Waals surface area contributed by atoms with Crippen LogP contribution < -0.4 is 10.1 Å². The van der Waals surface area contributed by atoms with Gasteiger partial charge >= 0.3 is 6.03 Å². The summed E-state index contributed by atoms with van der Waals surface area (Å²) in [5.41, 5.74) is 2.49. The van der Waals surface area contributed by atoms with E-state index in [0.717, 1.165) is 30.6 Å². The van der Waals surface area contributed by atoms with Gasteiger partial charge in [0.05, 0.1) is 6.10 Å². The van der Waals surface area contributed by atoms with Gasteiger partial charge in [-0.15, -0.1) is 5.10 Å². The largest absolute Gasteiger partial charge is 0.491 e. The van der Waals surface area contributed by atoms with E-state index in [-0.39, 0.29) is 12.1 Å². The van der Waals surface area contributed by atoms with E-state index in [4.69, 9.17) is 4.74 Å². The summed E-state index contributed by atoms with van der Waals surface area (Å²) in [5.74, 6) is 1.38. The number of nitrogens with zero attached hydrogens (tertiary/aromatic N) is 3. The molecular formula is C21H26N4O2. The van der Waals surface area contributed by atoms with Crippen molar-refractivity contribution in [3.63, 3.8) is 0 Å². The van der Waals surface area contributed by atoms with Crippen LogP contribution in [-0.2, 0) is 0 Å². The molecule has 2 heterocycles. The second-order valence-corrected chi connectivity index (χ2v) is 6.74. The highest BCUT2D eigenvalue weighted by atomic mass is 16.5. The van der Waals surface area contributed by atoms with Crippen molar-refractivity contribution in [2.75, 3.05) is 18.4 Å². The molecule has 1 aliphatic rings. The Morgan fingerprint density at radius 2 is 2.11 bits per heavy atom. The number of hydrogen-bond acceptors (Lipinski definition) is 4. The minimum absolute atomic E-state index is 0.126. The lowest BCUT2D eigenvalue weighted by molar-refractivity contribution is 0.207. The molecule has 1 saturated heterocycles. The molecule has 1 aromatic carbocycles. The van der Waals surface area contributed by atoms with Gasteiger partial charge in [-0.2, -0.15) is 5.10 Å². The van der Waals surface area contributed by atoms with E-state index in [1.165, 1.54) is 5.57 Å². The molecule has 1 unspecified atom stereocenters. The van der Waals surface area contributed by atoms with Gasteiger partial charge in [0.15, 0.2) is 5.82 Å². The number of ether oxygens (including phenoxy) is 1. The van der Waals surface area contributed by atoms with Gasteiger partial charge in [-0.25, -0.2) is 4.79 Å². The lowest BCUT2D eigenvalue weighted by atomic mass is 10.0. The average molecular weight is 366 g/mol. The fourth-order valence-electron chi connectivity index (χ4n) is 2.93. The third-order valence-electron chi connectivity index (χ3n) is 4.64. The second-order valence-electron chi connectivity index (χ2n) is 6.74. The van der Waals surface area contributed by atoms with Crippen LogP contribution in [0.2, 0.25) is 0 Å². The van der Waals surface area contributed by atoms with E-state index in [1.54, 1.807) is 18.3 Å². The van der Waals surface area contributed by atoms with Crippen molar-refractivity contribution in [1.82, 2.24) is 15.1 Å². The summed E-state index contributed by atoms with van der Waals surface area (Å²) in [6.07, 6.45) is 6.72. The lowest BCUT2D eigenvalue weighted by Gasteiger charge is -2.28. The minimum atomic E-state index is -0.126. The minimum Gasteiger partial charge on any atom is -0.491 e. The molecule has 1 aromatic heterocycles. The molecule has 0 spiro atoms. The van der Waals surface area contributed by atoms with Gasteiger partial charge in [0.1, 0.15) is 5.75 Å². The molecule has 2 aromatic rings. The summed E-state index contributed by atoms with van der Waals surface area (Å²) in [6, 6.07) is 11.5. The van der Waals surface area contributed by atoms with Crippen LogP contribution in [-0.4, -0.2) is 40.3 Å². The highest BCUT2D eigenvalue weighted by Gasteiger charge is 2.19. The van der Waals surface area contributed by atoms with E-state index in [0.29, 0.717) is 18.9 Å². The maximum Gasteiger partial charge on any atom is 0.323 e. The van der Waals surface area contributed by atoms with Crippen LogP contribution in [0.25, 0.3) is 6.08 Å². The van der Waals surface area contributed by atoms with E-state index in [2.05, 4.69) is 47.6 Å². The Balaban J connectivity index is 1.55. The van der Waals surface area contributed by atoms with Crippen LogP contribution in [0.4, 0.5) is 10.6 Å². The maximum atomic E-state index is 12.3. The number of piperidine rings is 1. The van der Waals surface area contributed by atoms with E-state index in [9.17, 15) is 4.79 Å². The summed E-state index contributed by atoms with van der Waals surface area (Å²) in [4.78, 5) is 14.1. The Morgan fingerprint density at radius 3 is 2.81 bits per heavy atom. The van der Waals surface area contributed by atoms with Crippen LogP contribution in [0.5, 0.6) is 5.75 Å². The van der Waals surface area contributed by atoms with Crippen molar-refractivity contribution in [2.24, 2.45) is 0 Å². The molecule has 27 heavy (non-hydrogen) atoms. The number of benzene rings is 1. The predicted octanol–water partition coefficient (Wildman–Crippen LogP) is 4.37. The Morgan fingerprint density at radius 1 is 1.30 bits per heavy atom. The third kappa shape index (κ3) is 5.54. The van der Waals surface area contributed by atoms with Crippen molar-refractivity contribution in [2.45, 2.75) is 39.2 Å². The van der Waals surface area contributed by atoms with Crippen LogP contribution in [0.15, 0.2) is 48.2 Å². The fourth-order valence-corrected chi connectivity index (χ4v) is 2.93. The fraction of sp³-hybridized carbons (Fsp3) is 0.381. The molecular weight excluding hydrogens is 340 g/mol. The molecule has 0 bridgehead atoms. The summed E-state index contributed by atoms with van der Waals surface area (Å²) < 4.78 is 5.90. The summed E-state index contributed by atoms with van der Waals surface area (Å²) in [7, 11) is 0. The number of nitrogens with one attached hydrogen (secondary N) is 1. The molecule has 1 fully saturated rings. The van der Waals surface area contributed by atoms with E-state index >= 15 is 0 Å². The van der Waals surface area contributed by atoms with E-state index < -0.39 is 0 Å². The Hall–Kier alpha value is -2.89. The van der Waals surface area contributed by atoms with Crippen LogP contribution >= 0.6 is 0 Å². The maximum absolute atomic E-state index is 12.3. The van der Waals surface area contributed by atoms with Crippen molar-refractivity contribution in [3.05, 3.63) is 53.7 Å². The first-order chi connectivity index (χ1) is 13.1. The summed E-state index contributed by atoms with van der Waals surface area (Å²) >= 11 is 0. The van der Waals surface area contributed by atoms with Crippen LogP contribution in [0, 0.1) is 0 Å². The molecule has 6 nitrogen and oxygen atoms in total. The zero-order valence-electron chi connectivity index (χ0n) is 15.9. The Labute approximate surface area is 160 Å². The van der Waals surface area contributed by atoms with Crippen LogP contribution in [0.3, 0.4) is 0 Å². The summed E-state index contributed by atoms with van der Waals surface area (Å²) in [5, 5.41) is 10.4. The lowest BCUT2D eigenvalue weighted by Crippen LogP contribution is -2.39. The first-order valence-electron chi connectivity index (χ1n) is 9.44. The highest BCUT2D eigenvalue weighted by molar-refractivity contribution is 5.88. The van der Waals surface area contributed by atoms with Gasteiger partial charge < -0.3 is 9.64 Å². The third-order valence-corrected chi connectivity index (χ3v) is 4.64. The molecule has 0 aliphatic carbocycles. The van der Waals surface area contributed by atoms with Gasteiger partial charge in [0.25, 0.3) is 0 Å². The standard InChI is InChI=1S/C21H26N4O2/c1-3-16(2)27-19-7-4-6-18(15-19)14-17-9-12-25(13-10-17)21(26)23-20-8-5-11-22-24-20/h4-8,11,14-16H,3,9-10,12-13H2,1-2H3,(H,23,24,26). The van der Waals surface area contributed by atoms with Crippen molar-refractivity contribution >= 4 is 17.9 Å². The van der Waals surface area contributed by atoms with Gasteiger partial charge in [0, 0.05) is 19.3 Å². The smallest absolute Gasteiger partial charge is 0.323 e. The Kier molecular flexibility index (Phi) is 6.41. The van der Waals surface area contributed by atoms with Gasteiger partial charge in [-0.1, -0.05) is 30.7 Å². The number of carbonyl (C=O) groups is 1. The molecule has 6 heteroatoms. The number of hydrogen-bond donors (Lipinski definition) is 1. The molecule has 1 atom stereocenters. The normalized spacial score (nSPS) is 15.2. The van der Waals surface area contributed by atoms with Gasteiger partial charge in [-0.05, 0) is 56.0 Å². The second kappa shape index (κ2) is 9.16. The quantitative estimate of drug-likeness (QED) is 0.853. The topological polar surface area (TPSA) is 67.3 Å². The molecule has 1 aliphatic heterocycles. The monoisotopic (exact) mass is 366 g/mol. The van der Waals surface area contributed by atoms with E-state index in [1.807, 2.05) is 17.0 Å². The number of anilines is 1. The highest BCUT2D eigenvalue weighted by Crippen LogP contribution is 2.23. The molecule has 2 amide bonds. The molecule has 3 rings (SSSR count). The molecule has 1 N–H and O–H groups in total. The zero-order valence-corrected chi connectivity index (χ0v) is 15.9. The SMILES string of the molecule is CCC(C)Oc1cccc(C=C2CCN(C(=O)Nc3cccnn3)CC2)c1. The van der Waals surface area contributed by atoms with Gasteiger partial charge in [0.2, 0.25) is 0 Å². The zero-order chi connectivity index (χ0) is 19.1. The van der Waals surface area contributed by atoms with Crippen molar-refractivity contribution in [1.29, 1.82) is 0 Å². The van der Waals surface area contributed by atoms with Crippen molar-refractivity contribution in [3.8, 4) is 5.75 Å². The summed E-state index contributed by atoms with van der Waals surface area (Å²) in [6.45, 7) is 5.58. The molecule has 142 valence electrons. The first kappa shape index (κ1) is 18.9. The number of likely N-dealkylation sites (tertiary alicyclic amines) is 1. The number of rotatable bonds is 5. The average Bonchev–Trinajstić information content (AvgIpc) is 2.69. The molecule has 0 saturated carbocycles. The number of urea groups is 1. The molecule has 0 radical (unpaired) electrons. The Bertz CT molecular complexity index is 782. The van der Waals surface area contributed by atoms with Crippen LogP contribution in [0.1, 0.15) is 38.7 Å². The number of aromatic nitrogens is 2.